The lowest BCUT2D eigenvalue weighted by molar-refractivity contribution is -0.121. The van der Waals surface area contributed by atoms with E-state index in [4.69, 9.17) is 0 Å². The number of imide groups is 1. The Kier molecular flexibility index (Phi) is 8.12. The fourth-order valence-corrected chi connectivity index (χ4v) is 1.22. The minimum absolute atomic E-state index is 0.304. The van der Waals surface area contributed by atoms with E-state index in [0.29, 0.717) is 6.54 Å². The molecule has 0 aromatic heterocycles. The number of urea groups is 1. The maximum absolute atomic E-state index is 11.4. The van der Waals surface area contributed by atoms with E-state index in [1.807, 2.05) is 6.26 Å². The summed E-state index contributed by atoms with van der Waals surface area (Å²) in [5.74, 6) is 0.640. The second-order valence-corrected chi connectivity index (χ2v) is 4.00. The first-order chi connectivity index (χ1) is 7.11. The molecule has 88 valence electrons. The van der Waals surface area contributed by atoms with Gasteiger partial charge >= 0.3 is 6.03 Å². The van der Waals surface area contributed by atoms with E-state index < -0.39 is 6.03 Å². The predicted octanol–water partition coefficient (Wildman–Crippen LogP) is 0.173. The number of rotatable bonds is 6. The van der Waals surface area contributed by atoms with Gasteiger partial charge in [-0.15, -0.1) is 0 Å². The van der Waals surface area contributed by atoms with Crippen LogP contribution in [0, 0.1) is 0 Å². The van der Waals surface area contributed by atoms with Gasteiger partial charge in [-0.2, -0.15) is 11.8 Å². The largest absolute Gasteiger partial charge is 0.338 e. The van der Waals surface area contributed by atoms with Gasteiger partial charge in [-0.25, -0.2) is 4.79 Å². The maximum Gasteiger partial charge on any atom is 0.321 e. The Morgan fingerprint density at radius 2 is 2.07 bits per heavy atom. The van der Waals surface area contributed by atoms with Crippen LogP contribution < -0.4 is 16.0 Å². The van der Waals surface area contributed by atoms with Crippen LogP contribution in [-0.2, 0) is 4.79 Å². The van der Waals surface area contributed by atoms with E-state index in [1.54, 1.807) is 25.6 Å². The smallest absolute Gasteiger partial charge is 0.321 e. The van der Waals surface area contributed by atoms with Gasteiger partial charge in [0.1, 0.15) is 0 Å². The quantitative estimate of drug-likeness (QED) is 0.572. The van der Waals surface area contributed by atoms with Crippen molar-refractivity contribution in [2.24, 2.45) is 0 Å². The molecule has 3 N–H and O–H groups in total. The minimum atomic E-state index is -0.444. The van der Waals surface area contributed by atoms with Crippen LogP contribution in [0.5, 0.6) is 0 Å². The van der Waals surface area contributed by atoms with Gasteiger partial charge in [0.15, 0.2) is 0 Å². The van der Waals surface area contributed by atoms with Crippen molar-refractivity contribution in [2.75, 3.05) is 25.1 Å². The minimum Gasteiger partial charge on any atom is -0.338 e. The molecule has 0 aliphatic heterocycles. The summed E-state index contributed by atoms with van der Waals surface area (Å²) in [7, 11) is 0. The fraction of sp³-hybridized carbons (Fsp3) is 0.778. The molecule has 0 saturated heterocycles. The van der Waals surface area contributed by atoms with Gasteiger partial charge in [0.2, 0.25) is 5.91 Å². The second kappa shape index (κ2) is 8.55. The van der Waals surface area contributed by atoms with E-state index in [0.717, 1.165) is 12.3 Å². The van der Waals surface area contributed by atoms with Crippen molar-refractivity contribution in [3.8, 4) is 0 Å². The zero-order valence-electron chi connectivity index (χ0n) is 9.42. The van der Waals surface area contributed by atoms with Crippen LogP contribution in [0.1, 0.15) is 13.8 Å². The Hall–Kier alpha value is -0.750. The molecule has 0 aromatic carbocycles. The zero-order valence-corrected chi connectivity index (χ0v) is 10.2. The van der Waals surface area contributed by atoms with Crippen LogP contribution >= 0.6 is 11.8 Å². The molecule has 0 saturated carbocycles. The SMILES string of the molecule is CCNC(=O)NC(=O)C(C)NCCSC. The molecular formula is C9H19N3O2S. The molecule has 0 radical (unpaired) electrons. The Morgan fingerprint density at radius 1 is 1.40 bits per heavy atom. The third-order valence-corrected chi connectivity index (χ3v) is 2.34. The van der Waals surface area contributed by atoms with Crippen molar-refractivity contribution in [3.63, 3.8) is 0 Å². The van der Waals surface area contributed by atoms with Crippen LogP contribution in [0.15, 0.2) is 0 Å². The van der Waals surface area contributed by atoms with Crippen molar-refractivity contribution in [3.05, 3.63) is 0 Å². The molecule has 3 amide bonds. The summed E-state index contributed by atoms with van der Waals surface area (Å²) >= 11 is 1.70. The van der Waals surface area contributed by atoms with Crippen LogP contribution in [0.2, 0.25) is 0 Å². The Balaban J connectivity index is 3.73. The molecule has 0 aromatic rings. The summed E-state index contributed by atoms with van der Waals surface area (Å²) in [5, 5.41) is 7.76. The van der Waals surface area contributed by atoms with Gasteiger partial charge in [0, 0.05) is 18.8 Å². The molecule has 0 aliphatic carbocycles. The summed E-state index contributed by atoms with van der Waals surface area (Å²) in [6.45, 7) is 4.79. The molecule has 1 atom stereocenters. The lowest BCUT2D eigenvalue weighted by atomic mass is 10.3. The number of thioether (sulfide) groups is 1. The Morgan fingerprint density at radius 3 is 2.60 bits per heavy atom. The average molecular weight is 233 g/mol. The van der Waals surface area contributed by atoms with Crippen LogP contribution in [0.4, 0.5) is 4.79 Å². The molecule has 0 spiro atoms. The summed E-state index contributed by atoms with van der Waals surface area (Å²) in [5.41, 5.74) is 0. The first-order valence-corrected chi connectivity index (χ1v) is 6.32. The van der Waals surface area contributed by atoms with Gasteiger partial charge in [0.05, 0.1) is 6.04 Å². The fourth-order valence-electron chi connectivity index (χ4n) is 0.895. The third-order valence-electron chi connectivity index (χ3n) is 1.72. The Bertz CT molecular complexity index is 212. The average Bonchev–Trinajstić information content (AvgIpc) is 2.18. The third kappa shape index (κ3) is 7.21. The normalized spacial score (nSPS) is 11.9. The van der Waals surface area contributed by atoms with Crippen LogP contribution in [0.3, 0.4) is 0 Å². The lowest BCUT2D eigenvalue weighted by Gasteiger charge is -2.12. The van der Waals surface area contributed by atoms with Crippen molar-refractivity contribution >= 4 is 23.7 Å². The number of amides is 3. The van der Waals surface area contributed by atoms with Gasteiger partial charge in [-0.3, -0.25) is 10.1 Å². The van der Waals surface area contributed by atoms with E-state index in [-0.39, 0.29) is 11.9 Å². The van der Waals surface area contributed by atoms with Gasteiger partial charge < -0.3 is 10.6 Å². The van der Waals surface area contributed by atoms with Gasteiger partial charge in [-0.05, 0) is 20.1 Å². The second-order valence-electron chi connectivity index (χ2n) is 3.02. The van der Waals surface area contributed by atoms with Crippen molar-refractivity contribution in [2.45, 2.75) is 19.9 Å². The molecule has 0 heterocycles. The highest BCUT2D eigenvalue weighted by atomic mass is 32.2. The number of carbonyl (C=O) groups excluding carboxylic acids is 2. The molecule has 0 bridgehead atoms. The molecule has 0 rings (SSSR count). The van der Waals surface area contributed by atoms with E-state index in [2.05, 4.69) is 16.0 Å². The summed E-state index contributed by atoms with van der Waals surface area (Å²) < 4.78 is 0. The molecule has 15 heavy (non-hydrogen) atoms. The lowest BCUT2D eigenvalue weighted by Crippen LogP contribution is -2.48. The van der Waals surface area contributed by atoms with E-state index in [1.165, 1.54) is 0 Å². The number of carbonyl (C=O) groups is 2. The van der Waals surface area contributed by atoms with E-state index in [9.17, 15) is 9.59 Å². The number of hydrogen-bond acceptors (Lipinski definition) is 4. The summed E-state index contributed by atoms with van der Waals surface area (Å²) in [4.78, 5) is 22.4. The molecule has 5 nitrogen and oxygen atoms in total. The highest BCUT2D eigenvalue weighted by molar-refractivity contribution is 7.98. The monoisotopic (exact) mass is 233 g/mol. The first kappa shape index (κ1) is 14.2. The standard InChI is InChI=1S/C9H19N3O2S/c1-4-10-9(14)12-8(13)7(2)11-5-6-15-3/h7,11H,4-6H2,1-3H3,(H2,10,12,13,14). The first-order valence-electron chi connectivity index (χ1n) is 4.92. The molecule has 0 aliphatic rings. The van der Waals surface area contributed by atoms with E-state index >= 15 is 0 Å². The number of hydrogen-bond donors (Lipinski definition) is 3. The molecule has 6 heteroatoms. The van der Waals surface area contributed by atoms with Crippen molar-refractivity contribution < 1.29 is 9.59 Å². The van der Waals surface area contributed by atoms with Gasteiger partial charge in [0.25, 0.3) is 0 Å². The molecular weight excluding hydrogens is 214 g/mol. The van der Waals surface area contributed by atoms with Crippen LogP contribution in [-0.4, -0.2) is 43.1 Å². The van der Waals surface area contributed by atoms with Gasteiger partial charge in [-0.1, -0.05) is 0 Å². The highest BCUT2D eigenvalue weighted by Gasteiger charge is 2.13. The predicted molar refractivity (Wildman–Crippen MR) is 63.1 cm³/mol. The highest BCUT2D eigenvalue weighted by Crippen LogP contribution is 1.89. The Labute approximate surface area is 94.8 Å². The molecule has 0 fully saturated rings. The number of nitrogens with one attached hydrogen (secondary N) is 3. The molecule has 1 unspecified atom stereocenters. The summed E-state index contributed by atoms with van der Waals surface area (Å²) in [6, 6.07) is -0.791. The topological polar surface area (TPSA) is 70.2 Å². The van der Waals surface area contributed by atoms with Crippen LogP contribution in [0.25, 0.3) is 0 Å². The zero-order chi connectivity index (χ0) is 11.7. The van der Waals surface area contributed by atoms with Crippen molar-refractivity contribution in [1.82, 2.24) is 16.0 Å². The summed E-state index contributed by atoms with van der Waals surface area (Å²) in [6.07, 6.45) is 2.00. The van der Waals surface area contributed by atoms with Crippen molar-refractivity contribution in [1.29, 1.82) is 0 Å². The maximum atomic E-state index is 11.4.